The van der Waals surface area contributed by atoms with Crippen LogP contribution in [-0.2, 0) is 21.7 Å². The van der Waals surface area contributed by atoms with Gasteiger partial charge >= 0.3 is 21.7 Å². The van der Waals surface area contributed by atoms with Crippen LogP contribution in [0.1, 0.15) is 54.4 Å². The molecule has 2 rings (SSSR count). The van der Waals surface area contributed by atoms with Gasteiger partial charge in [-0.2, -0.15) is 23.3 Å². The summed E-state index contributed by atoms with van der Waals surface area (Å²) in [6, 6.07) is 0. The molecule has 0 radical (unpaired) electrons. The third kappa shape index (κ3) is 3.12. The van der Waals surface area contributed by atoms with Crippen LogP contribution in [0.4, 0.5) is 0 Å². The van der Waals surface area contributed by atoms with E-state index in [2.05, 4.69) is 65.8 Å². The minimum Gasteiger partial charge on any atom is -0.265 e. The molecule has 2 unspecified atom stereocenters. The molecule has 0 bridgehead atoms. The van der Waals surface area contributed by atoms with Gasteiger partial charge in [-0.05, 0) is 0 Å². The molecule has 2 aliphatic carbocycles. The summed E-state index contributed by atoms with van der Waals surface area (Å²) < 4.78 is 0. The Morgan fingerprint density at radius 3 is 1.50 bits per heavy atom. The molecule has 0 N–H and O–H groups in total. The van der Waals surface area contributed by atoms with Crippen molar-refractivity contribution in [2.75, 3.05) is 0 Å². The van der Waals surface area contributed by atoms with E-state index < -0.39 is 0 Å². The third-order valence-electron chi connectivity index (χ3n) is 4.48. The van der Waals surface area contributed by atoms with Crippen molar-refractivity contribution in [3.8, 4) is 0 Å². The normalized spacial score (nSPS) is 25.7. The fourth-order valence-corrected chi connectivity index (χ4v) is 3.36. The Balaban J connectivity index is 0.00000200. The minimum atomic E-state index is 0. The van der Waals surface area contributed by atoms with Gasteiger partial charge in [0.15, 0.2) is 0 Å². The molecule has 0 fully saturated rings. The fourth-order valence-electron chi connectivity index (χ4n) is 3.36. The van der Waals surface area contributed by atoms with Crippen LogP contribution in [-0.4, -0.2) is 0 Å². The smallest absolute Gasteiger partial charge is 0.265 e. The summed E-state index contributed by atoms with van der Waals surface area (Å²) >= 11 is 0. The predicted octanol–water partition coefficient (Wildman–Crippen LogP) is 5.44. The standard InChI is InChI=1S/C19H26.Ti/c1-7-15-9-13(3)17(11-15)19(5,6)18-12-16(8-2)10-14(18)4;/h9-10,15-16H,7-8H2,1-6H3;/q-2;+2. The Kier molecular flexibility index (Phi) is 5.87. The van der Waals surface area contributed by atoms with E-state index in [1.165, 1.54) is 22.3 Å². The van der Waals surface area contributed by atoms with Crippen molar-refractivity contribution in [3.63, 3.8) is 0 Å². The first-order valence-corrected chi connectivity index (χ1v) is 7.55. The van der Waals surface area contributed by atoms with E-state index in [9.17, 15) is 0 Å². The number of allylic oxidation sites excluding steroid dienone is 8. The first-order chi connectivity index (χ1) is 8.90. The molecular weight excluding hydrogens is 276 g/mol. The molecule has 0 aromatic carbocycles. The van der Waals surface area contributed by atoms with Crippen LogP contribution in [0, 0.1) is 29.4 Å². The molecule has 1 heteroatoms. The van der Waals surface area contributed by atoms with Crippen molar-refractivity contribution in [1.82, 2.24) is 0 Å². The number of hydrogen-bond acceptors (Lipinski definition) is 0. The maximum absolute atomic E-state index is 3.70. The van der Waals surface area contributed by atoms with E-state index in [0.29, 0.717) is 11.8 Å². The Hall–Kier alpha value is -0.326. The Morgan fingerprint density at radius 1 is 0.900 bits per heavy atom. The molecule has 0 spiro atoms. The Bertz CT molecular complexity index is 442. The van der Waals surface area contributed by atoms with E-state index in [4.69, 9.17) is 0 Å². The van der Waals surface area contributed by atoms with Gasteiger partial charge in [0.1, 0.15) is 0 Å². The summed E-state index contributed by atoms with van der Waals surface area (Å²) in [5.41, 5.74) is 5.60. The van der Waals surface area contributed by atoms with Crippen molar-refractivity contribution in [3.05, 3.63) is 46.6 Å². The minimum absolute atomic E-state index is 0. The second kappa shape index (κ2) is 6.62. The molecule has 0 aliphatic heterocycles. The summed E-state index contributed by atoms with van der Waals surface area (Å²) in [6.45, 7) is 13.6. The molecule has 0 saturated heterocycles. The molecule has 0 aromatic heterocycles. The van der Waals surface area contributed by atoms with E-state index in [1.807, 2.05) is 0 Å². The monoisotopic (exact) mass is 302 g/mol. The van der Waals surface area contributed by atoms with Crippen molar-refractivity contribution in [2.45, 2.75) is 54.4 Å². The molecule has 0 saturated carbocycles. The van der Waals surface area contributed by atoms with Gasteiger partial charge in [-0.25, -0.2) is 11.1 Å². The molecular formula is C19H26Ti. The third-order valence-corrected chi connectivity index (χ3v) is 4.48. The fraction of sp³-hybridized carbons (Fsp3) is 0.579. The molecule has 2 aliphatic rings. The zero-order valence-electron chi connectivity index (χ0n) is 13.7. The number of rotatable bonds is 4. The van der Waals surface area contributed by atoms with Gasteiger partial charge < -0.3 is 0 Å². The Morgan fingerprint density at radius 2 is 1.25 bits per heavy atom. The largest absolute Gasteiger partial charge is 2.00 e. The van der Waals surface area contributed by atoms with Gasteiger partial charge in [0.25, 0.3) is 0 Å². The summed E-state index contributed by atoms with van der Waals surface area (Å²) in [5.74, 6) is 1.00. The summed E-state index contributed by atoms with van der Waals surface area (Å²) in [6.07, 6.45) is 14.4. The van der Waals surface area contributed by atoms with Crippen molar-refractivity contribution >= 4 is 0 Å². The quantitative estimate of drug-likeness (QED) is 0.479. The van der Waals surface area contributed by atoms with Crippen molar-refractivity contribution in [2.24, 2.45) is 17.3 Å². The van der Waals surface area contributed by atoms with Crippen molar-refractivity contribution < 1.29 is 21.7 Å². The summed E-state index contributed by atoms with van der Waals surface area (Å²) in [7, 11) is 0. The molecule has 0 nitrogen and oxygen atoms in total. The van der Waals surface area contributed by atoms with Crippen molar-refractivity contribution in [1.29, 1.82) is 0 Å². The zero-order valence-corrected chi connectivity index (χ0v) is 15.3. The van der Waals surface area contributed by atoms with Gasteiger partial charge in [-0.1, -0.05) is 57.8 Å². The van der Waals surface area contributed by atoms with Crippen LogP contribution < -0.4 is 0 Å². The topological polar surface area (TPSA) is 0 Å². The van der Waals surface area contributed by atoms with E-state index in [0.717, 1.165) is 12.8 Å². The molecule has 106 valence electrons. The first kappa shape index (κ1) is 17.7. The van der Waals surface area contributed by atoms with Crippen LogP contribution >= 0.6 is 0 Å². The molecule has 2 atom stereocenters. The molecule has 0 amide bonds. The maximum Gasteiger partial charge on any atom is 2.00 e. The van der Waals surface area contributed by atoms with Crippen LogP contribution in [0.25, 0.3) is 0 Å². The van der Waals surface area contributed by atoms with Crippen LogP contribution in [0.2, 0.25) is 0 Å². The second-order valence-corrected chi connectivity index (χ2v) is 6.39. The SMILES string of the molecule is CCC1[C-]=C(C(C)(C)C2=[C-]C(CC)C=C2C)C(C)=C1.[Ti+2]. The molecule has 20 heavy (non-hydrogen) atoms. The number of hydrogen-bond donors (Lipinski definition) is 0. The summed E-state index contributed by atoms with van der Waals surface area (Å²) in [4.78, 5) is 0. The molecule has 0 aromatic rings. The van der Waals surface area contributed by atoms with Gasteiger partial charge in [0, 0.05) is 0 Å². The van der Waals surface area contributed by atoms with Gasteiger partial charge in [0.05, 0.1) is 0 Å². The Labute approximate surface area is 140 Å². The second-order valence-electron chi connectivity index (χ2n) is 6.39. The van der Waals surface area contributed by atoms with E-state index in [1.54, 1.807) is 0 Å². The van der Waals surface area contributed by atoms with Gasteiger partial charge in [-0.3, -0.25) is 12.2 Å². The zero-order chi connectivity index (χ0) is 14.2. The average molecular weight is 302 g/mol. The molecule has 0 heterocycles. The van der Waals surface area contributed by atoms with Gasteiger partial charge in [0.2, 0.25) is 0 Å². The average Bonchev–Trinajstić information content (AvgIpc) is 2.92. The maximum atomic E-state index is 3.70. The van der Waals surface area contributed by atoms with Gasteiger partial charge in [-0.15, -0.1) is 13.8 Å². The predicted molar refractivity (Wildman–Crippen MR) is 82.4 cm³/mol. The van der Waals surface area contributed by atoms with E-state index in [-0.39, 0.29) is 27.1 Å². The van der Waals surface area contributed by atoms with E-state index >= 15 is 0 Å². The van der Waals surface area contributed by atoms with Crippen LogP contribution in [0.3, 0.4) is 0 Å². The van der Waals surface area contributed by atoms with Crippen LogP contribution in [0.5, 0.6) is 0 Å². The summed E-state index contributed by atoms with van der Waals surface area (Å²) in [5, 5.41) is 0. The van der Waals surface area contributed by atoms with Crippen LogP contribution in [0.15, 0.2) is 34.4 Å². The first-order valence-electron chi connectivity index (χ1n) is 7.55.